The molecule has 0 rings (SSSR count). The van der Waals surface area contributed by atoms with Crippen molar-refractivity contribution in [2.75, 3.05) is 23.5 Å². The molecule has 0 aliphatic heterocycles. The molecule has 13 heavy (non-hydrogen) atoms. The Morgan fingerprint density at radius 1 is 0.923 bits per heavy atom. The lowest BCUT2D eigenvalue weighted by Gasteiger charge is -2.22. The highest BCUT2D eigenvalue weighted by Gasteiger charge is 2.25. The number of thiocarbonyl (C=S) groups is 1. The van der Waals surface area contributed by atoms with Crippen LogP contribution in [-0.4, -0.2) is 28.6 Å². The molecule has 0 aromatic carbocycles. The Morgan fingerprint density at radius 3 is 1.08 bits per heavy atom. The zero-order chi connectivity index (χ0) is 10.9. The van der Waals surface area contributed by atoms with Crippen LogP contribution >= 0.6 is 58.6 Å². The van der Waals surface area contributed by atoms with Crippen LogP contribution in [0.1, 0.15) is 0 Å². The molecule has 2 nitrogen and oxygen atoms in total. The first-order chi connectivity index (χ1) is 5.97. The van der Waals surface area contributed by atoms with Gasteiger partial charge in [-0.15, -0.1) is 46.4 Å². The van der Waals surface area contributed by atoms with Crippen LogP contribution in [0.25, 0.3) is 0 Å². The van der Waals surface area contributed by atoms with E-state index in [9.17, 15) is 0 Å². The Morgan fingerprint density at radius 2 is 1.08 bits per heavy atom. The number of rotatable bonds is 4. The van der Waals surface area contributed by atoms with E-state index < -0.39 is 0 Å². The Labute approximate surface area is 104 Å². The molecule has 0 fully saturated rings. The summed E-state index contributed by atoms with van der Waals surface area (Å²) in [5.41, 5.74) is 8.97. The van der Waals surface area contributed by atoms with Gasteiger partial charge in [-0.3, -0.25) is 0 Å². The molecule has 0 spiro atoms. The molecule has 0 bridgehead atoms. The van der Waals surface area contributed by atoms with Crippen molar-refractivity contribution < 1.29 is 0 Å². The van der Waals surface area contributed by atoms with Gasteiger partial charge in [-0.25, -0.2) is 0 Å². The minimum atomic E-state index is -0.272. The average molecular weight is 286 g/mol. The summed E-state index contributed by atoms with van der Waals surface area (Å²) in [5.74, 6) is 1.68. The molecule has 0 saturated heterocycles. The van der Waals surface area contributed by atoms with Gasteiger partial charge < -0.3 is 11.5 Å². The molecule has 7 heteroatoms. The molecule has 0 aromatic heterocycles. The van der Waals surface area contributed by atoms with Gasteiger partial charge in [0.15, 0.2) is 5.11 Å². The number of hydrogen-bond acceptors (Lipinski definition) is 1. The maximum absolute atomic E-state index is 5.57. The smallest absolute Gasteiger partial charge is 0.160 e. The molecule has 0 amide bonds. The first-order valence-electron chi connectivity index (χ1n) is 3.26. The summed E-state index contributed by atoms with van der Waals surface area (Å²) in [6, 6.07) is 0. The standard InChI is InChI=1S/C5H8Cl4.CH4N2S/c6-1-5(2-7,3-8)4-9;2-1(3)4/h1-4H2;(H4,2,3,4). The van der Waals surface area contributed by atoms with Crippen molar-refractivity contribution in [3.05, 3.63) is 0 Å². The van der Waals surface area contributed by atoms with E-state index >= 15 is 0 Å². The van der Waals surface area contributed by atoms with Crippen LogP contribution in [0.15, 0.2) is 0 Å². The molecule has 0 saturated carbocycles. The third kappa shape index (κ3) is 9.16. The number of alkyl halides is 4. The maximum atomic E-state index is 5.57. The van der Waals surface area contributed by atoms with E-state index in [1.165, 1.54) is 0 Å². The molecular weight excluding hydrogens is 274 g/mol. The zero-order valence-corrected chi connectivity index (χ0v) is 10.7. The summed E-state index contributed by atoms with van der Waals surface area (Å²) in [5, 5.41) is 0.000000000000000222. The number of nitrogens with two attached hydrogens (primary N) is 2. The fraction of sp³-hybridized carbons (Fsp3) is 0.833. The van der Waals surface area contributed by atoms with Gasteiger partial charge in [-0.2, -0.15) is 0 Å². The molecule has 0 aromatic rings. The van der Waals surface area contributed by atoms with Gasteiger partial charge in [-0.1, -0.05) is 0 Å². The molecule has 0 unspecified atom stereocenters. The fourth-order valence-corrected chi connectivity index (χ4v) is 1.93. The van der Waals surface area contributed by atoms with Crippen molar-refractivity contribution in [1.82, 2.24) is 0 Å². The lowest BCUT2D eigenvalue weighted by Crippen LogP contribution is -2.29. The average Bonchev–Trinajstić information content (AvgIpc) is 2.09. The van der Waals surface area contributed by atoms with Crippen molar-refractivity contribution >= 4 is 63.7 Å². The maximum Gasteiger partial charge on any atom is 0.160 e. The minimum absolute atomic E-state index is 0.000000000000000222. The summed E-state index contributed by atoms with van der Waals surface area (Å²) < 4.78 is 0. The predicted octanol–water partition coefficient (Wildman–Crippen LogP) is 2.12. The van der Waals surface area contributed by atoms with E-state index in [1.807, 2.05) is 0 Å². The highest BCUT2D eigenvalue weighted by atomic mass is 35.5. The third-order valence-corrected chi connectivity index (χ3v) is 3.40. The summed E-state index contributed by atoms with van der Waals surface area (Å²) in [7, 11) is 0. The van der Waals surface area contributed by atoms with Gasteiger partial charge in [-0.05, 0) is 12.2 Å². The topological polar surface area (TPSA) is 52.0 Å². The summed E-state index contributed by atoms with van der Waals surface area (Å²) in [6.07, 6.45) is 0. The van der Waals surface area contributed by atoms with E-state index in [1.54, 1.807) is 0 Å². The van der Waals surface area contributed by atoms with Crippen LogP contribution in [-0.2, 0) is 0 Å². The van der Waals surface area contributed by atoms with Crippen molar-refractivity contribution in [2.45, 2.75) is 0 Å². The van der Waals surface area contributed by atoms with E-state index in [-0.39, 0.29) is 10.5 Å². The summed E-state index contributed by atoms with van der Waals surface area (Å²) >= 11 is 26.4. The first kappa shape index (κ1) is 16.3. The SMILES string of the molecule is ClCC(CCl)(CCl)CCl.NC(N)=S. The van der Waals surface area contributed by atoms with Crippen molar-refractivity contribution in [1.29, 1.82) is 0 Å². The minimum Gasteiger partial charge on any atom is -0.377 e. The fourth-order valence-electron chi connectivity index (χ4n) is 0.214. The number of halogens is 4. The predicted molar refractivity (Wildman–Crippen MR) is 66.3 cm³/mol. The van der Waals surface area contributed by atoms with Crippen LogP contribution in [0.4, 0.5) is 0 Å². The van der Waals surface area contributed by atoms with Gasteiger partial charge in [0.05, 0.1) is 0 Å². The van der Waals surface area contributed by atoms with E-state index in [0.717, 1.165) is 0 Å². The monoisotopic (exact) mass is 284 g/mol. The molecule has 0 aliphatic rings. The van der Waals surface area contributed by atoms with Gasteiger partial charge in [0.2, 0.25) is 0 Å². The van der Waals surface area contributed by atoms with Crippen molar-refractivity contribution in [3.63, 3.8) is 0 Å². The molecule has 4 N–H and O–H groups in total. The lowest BCUT2D eigenvalue weighted by molar-refractivity contribution is 0.500. The molecule has 0 aliphatic carbocycles. The van der Waals surface area contributed by atoms with Gasteiger partial charge in [0, 0.05) is 28.9 Å². The highest BCUT2D eigenvalue weighted by molar-refractivity contribution is 7.80. The molecule has 0 radical (unpaired) electrons. The highest BCUT2D eigenvalue weighted by Crippen LogP contribution is 2.24. The van der Waals surface area contributed by atoms with Crippen LogP contribution in [0.5, 0.6) is 0 Å². The van der Waals surface area contributed by atoms with Gasteiger partial charge in [0.1, 0.15) is 0 Å². The van der Waals surface area contributed by atoms with E-state index in [0.29, 0.717) is 23.5 Å². The Kier molecular flexibility index (Phi) is 11.8. The van der Waals surface area contributed by atoms with Crippen molar-refractivity contribution in [3.8, 4) is 0 Å². The molecule has 80 valence electrons. The van der Waals surface area contributed by atoms with E-state index in [4.69, 9.17) is 46.4 Å². The third-order valence-electron chi connectivity index (χ3n) is 1.13. The van der Waals surface area contributed by atoms with E-state index in [2.05, 4.69) is 23.7 Å². The molecule has 0 atom stereocenters. The van der Waals surface area contributed by atoms with Gasteiger partial charge >= 0.3 is 0 Å². The quantitative estimate of drug-likeness (QED) is 0.615. The first-order valence-corrected chi connectivity index (χ1v) is 5.81. The van der Waals surface area contributed by atoms with Gasteiger partial charge in [0.25, 0.3) is 0 Å². The van der Waals surface area contributed by atoms with Crippen LogP contribution in [0.2, 0.25) is 0 Å². The lowest BCUT2D eigenvalue weighted by atomic mass is 9.99. The van der Waals surface area contributed by atoms with Crippen LogP contribution in [0.3, 0.4) is 0 Å². The summed E-state index contributed by atoms with van der Waals surface area (Å²) in [4.78, 5) is 0. The largest absolute Gasteiger partial charge is 0.377 e. The second-order valence-corrected chi connectivity index (χ2v) is 3.98. The summed E-state index contributed by atoms with van der Waals surface area (Å²) in [6.45, 7) is 0. The normalized spacial score (nSPS) is 10.2. The van der Waals surface area contributed by atoms with Crippen LogP contribution < -0.4 is 11.5 Å². The Bertz CT molecular complexity index is 119. The molecule has 0 heterocycles. The zero-order valence-electron chi connectivity index (χ0n) is 6.90. The second kappa shape index (κ2) is 9.41. The number of hydrogen-bond donors (Lipinski definition) is 2. The Balaban J connectivity index is 0. The van der Waals surface area contributed by atoms with Crippen LogP contribution in [0, 0.1) is 5.41 Å². The van der Waals surface area contributed by atoms with Crippen molar-refractivity contribution in [2.24, 2.45) is 16.9 Å². The second-order valence-electron chi connectivity index (χ2n) is 2.44. The molecular formula is C6H12Cl4N2S. The Hall–Kier alpha value is 0.850.